The summed E-state index contributed by atoms with van der Waals surface area (Å²) in [5, 5.41) is 0. The highest BCUT2D eigenvalue weighted by atomic mass is 127. The van der Waals surface area contributed by atoms with Gasteiger partial charge in [-0.2, -0.15) is 0 Å². The van der Waals surface area contributed by atoms with E-state index in [0.717, 1.165) is 14.7 Å². The summed E-state index contributed by atoms with van der Waals surface area (Å²) in [4.78, 5) is 63.3. The Morgan fingerprint density at radius 1 is 0.732 bits per heavy atom. The lowest BCUT2D eigenvalue weighted by Crippen LogP contribution is -2.75. The Morgan fingerprint density at radius 3 is 1.61 bits per heavy atom. The smallest absolute Gasteiger partial charge is 0.358 e. The second-order valence-electron chi connectivity index (χ2n) is 10.00. The van der Waals surface area contributed by atoms with E-state index in [1.54, 1.807) is 26.0 Å². The number of rotatable bonds is 6. The van der Waals surface area contributed by atoms with Gasteiger partial charge in [-0.3, -0.25) is 19.6 Å². The predicted octanol–water partition coefficient (Wildman–Crippen LogP) is 3.03. The van der Waals surface area contributed by atoms with Crippen LogP contribution in [0.3, 0.4) is 0 Å². The molecule has 0 bridgehead atoms. The number of benzene rings is 2. The van der Waals surface area contributed by atoms with Gasteiger partial charge >= 0.3 is 24.0 Å². The van der Waals surface area contributed by atoms with Gasteiger partial charge < -0.3 is 18.9 Å². The summed E-state index contributed by atoms with van der Waals surface area (Å²) in [6.07, 6.45) is 0. The molecular formula is C28H29IN4O8. The van der Waals surface area contributed by atoms with E-state index in [-0.39, 0.29) is 39.4 Å². The average molecular weight is 676 g/mol. The van der Waals surface area contributed by atoms with Gasteiger partial charge in [-0.15, -0.1) is 0 Å². The topological polar surface area (TPSA) is 118 Å². The highest BCUT2D eigenvalue weighted by Gasteiger charge is 2.87. The van der Waals surface area contributed by atoms with Crippen LogP contribution in [0.4, 0.5) is 9.59 Å². The molecule has 0 aromatic heterocycles. The Kier molecular flexibility index (Phi) is 6.47. The Bertz CT molecular complexity index is 1500. The Hall–Kier alpha value is -3.75. The molecule has 216 valence electrons. The largest absolute Gasteiger partial charge is 0.496 e. The molecule has 0 radical (unpaired) electrons. The molecule has 0 aliphatic carbocycles. The lowest BCUT2D eigenvalue weighted by atomic mass is 9.90. The van der Waals surface area contributed by atoms with Gasteiger partial charge in [0, 0.05) is 14.7 Å². The summed E-state index contributed by atoms with van der Waals surface area (Å²) >= 11 is 2.18. The molecule has 0 saturated carbocycles. The average Bonchev–Trinajstić information content (AvgIpc) is 3.13. The molecule has 0 N–H and O–H groups in total. The van der Waals surface area contributed by atoms with Crippen LogP contribution in [0.5, 0.6) is 11.5 Å². The van der Waals surface area contributed by atoms with Gasteiger partial charge in [-0.25, -0.2) is 19.2 Å². The minimum absolute atomic E-state index is 0.0243. The zero-order valence-corrected chi connectivity index (χ0v) is 25.2. The minimum Gasteiger partial charge on any atom is -0.496 e. The molecule has 2 atom stereocenters. The van der Waals surface area contributed by atoms with Crippen LogP contribution in [0.1, 0.15) is 36.1 Å². The van der Waals surface area contributed by atoms with Crippen LogP contribution in [0.15, 0.2) is 30.3 Å². The van der Waals surface area contributed by atoms with Crippen molar-refractivity contribution in [2.24, 2.45) is 0 Å². The lowest BCUT2D eigenvalue weighted by Gasteiger charge is -2.43. The number of methoxy groups -OCH3 is 2. The van der Waals surface area contributed by atoms with Crippen molar-refractivity contribution < 1.29 is 38.1 Å². The summed E-state index contributed by atoms with van der Waals surface area (Å²) in [6, 6.07) is 7.80. The molecule has 4 aliphatic rings. The second-order valence-corrected chi connectivity index (χ2v) is 11.2. The third kappa shape index (κ3) is 3.26. The molecule has 4 amide bonds. The molecule has 41 heavy (non-hydrogen) atoms. The lowest BCUT2D eigenvalue weighted by molar-refractivity contribution is -0.191. The summed E-state index contributed by atoms with van der Waals surface area (Å²) < 4.78 is 23.4. The van der Waals surface area contributed by atoms with E-state index >= 15 is 0 Å². The monoisotopic (exact) mass is 676 g/mol. The normalized spacial score (nSPS) is 23.8. The highest BCUT2D eigenvalue weighted by molar-refractivity contribution is 14.1. The van der Waals surface area contributed by atoms with Crippen molar-refractivity contribution in [3.63, 3.8) is 0 Å². The van der Waals surface area contributed by atoms with Crippen molar-refractivity contribution in [2.45, 2.75) is 51.4 Å². The van der Waals surface area contributed by atoms with Crippen LogP contribution >= 0.6 is 22.6 Å². The standard InChI is InChI=1S/C28H29IN4O8/c1-5-40-23(34)27-28(24(35)41-6-2)32-14-18-19(22(39-4)11-10-21(18)38-3)15-33(28)26(37)31(27)13-17-16(8-7-9-20(17)29)12-30(27)25(32)36/h7-11H,5-6,12-15H2,1-4H3/t27-,28+/m1/s1. The van der Waals surface area contributed by atoms with E-state index < -0.39 is 35.3 Å². The molecule has 2 aromatic carbocycles. The first-order valence-electron chi connectivity index (χ1n) is 13.3. The van der Waals surface area contributed by atoms with Crippen LogP contribution in [-0.4, -0.2) is 82.4 Å². The summed E-state index contributed by atoms with van der Waals surface area (Å²) in [7, 11) is 3.00. The molecule has 12 nitrogen and oxygen atoms in total. The van der Waals surface area contributed by atoms with Gasteiger partial charge in [-0.1, -0.05) is 12.1 Å². The molecule has 2 saturated heterocycles. The van der Waals surface area contributed by atoms with Gasteiger partial charge in [0.25, 0.3) is 11.3 Å². The van der Waals surface area contributed by atoms with Crippen LogP contribution in [0.2, 0.25) is 0 Å². The maximum Gasteiger partial charge on any atom is 0.358 e. The number of nitrogens with zero attached hydrogens (tertiary/aromatic N) is 4. The first kappa shape index (κ1) is 27.4. The van der Waals surface area contributed by atoms with E-state index in [2.05, 4.69) is 22.6 Å². The van der Waals surface area contributed by atoms with Crippen LogP contribution in [0, 0.1) is 3.57 Å². The molecule has 4 aliphatic heterocycles. The van der Waals surface area contributed by atoms with Crippen LogP contribution < -0.4 is 9.47 Å². The predicted molar refractivity (Wildman–Crippen MR) is 150 cm³/mol. The number of esters is 2. The number of amides is 4. The number of hydrogen-bond donors (Lipinski definition) is 0. The zero-order valence-electron chi connectivity index (χ0n) is 23.1. The fraction of sp³-hybridized carbons (Fsp3) is 0.429. The molecular weight excluding hydrogens is 647 g/mol. The maximum absolute atomic E-state index is 14.7. The molecule has 2 aromatic rings. The second kappa shape index (κ2) is 9.67. The molecule has 0 unspecified atom stereocenters. The van der Waals surface area contributed by atoms with E-state index in [9.17, 15) is 19.2 Å². The van der Waals surface area contributed by atoms with Crippen molar-refractivity contribution in [3.8, 4) is 11.5 Å². The van der Waals surface area contributed by atoms with Gasteiger partial charge in [-0.05, 0) is 65.8 Å². The van der Waals surface area contributed by atoms with Crippen molar-refractivity contribution in [3.05, 3.63) is 56.2 Å². The minimum atomic E-state index is -2.20. The first-order valence-corrected chi connectivity index (χ1v) is 14.3. The Balaban J connectivity index is 1.72. The van der Waals surface area contributed by atoms with Gasteiger partial charge in [0.1, 0.15) is 11.5 Å². The Labute approximate surface area is 250 Å². The maximum atomic E-state index is 14.7. The summed E-state index contributed by atoms with van der Waals surface area (Å²) in [6.45, 7) is 2.85. The molecule has 13 heteroatoms. The van der Waals surface area contributed by atoms with E-state index in [1.165, 1.54) is 33.8 Å². The summed E-state index contributed by atoms with van der Waals surface area (Å²) in [5.74, 6) is -0.880. The van der Waals surface area contributed by atoms with Gasteiger partial charge in [0.05, 0.1) is 53.6 Å². The van der Waals surface area contributed by atoms with Gasteiger partial charge in [0.15, 0.2) is 0 Å². The van der Waals surface area contributed by atoms with Gasteiger partial charge in [0.2, 0.25) is 0 Å². The van der Waals surface area contributed by atoms with Crippen LogP contribution in [0.25, 0.3) is 0 Å². The third-order valence-corrected chi connectivity index (χ3v) is 9.38. The molecule has 4 heterocycles. The first-order chi connectivity index (χ1) is 19.7. The number of hydrogen-bond acceptors (Lipinski definition) is 8. The summed E-state index contributed by atoms with van der Waals surface area (Å²) in [5.41, 5.74) is -1.71. The van der Waals surface area contributed by atoms with E-state index in [0.29, 0.717) is 22.6 Å². The van der Waals surface area contributed by atoms with Crippen molar-refractivity contribution >= 4 is 46.6 Å². The van der Waals surface area contributed by atoms with E-state index in [1.807, 2.05) is 18.2 Å². The third-order valence-electron chi connectivity index (χ3n) is 8.37. The van der Waals surface area contributed by atoms with Crippen LogP contribution in [-0.2, 0) is 45.2 Å². The van der Waals surface area contributed by atoms with E-state index in [4.69, 9.17) is 18.9 Å². The quantitative estimate of drug-likeness (QED) is 0.339. The molecule has 2 fully saturated rings. The van der Waals surface area contributed by atoms with Crippen molar-refractivity contribution in [1.29, 1.82) is 0 Å². The zero-order chi connectivity index (χ0) is 29.3. The number of carbonyl (C=O) groups excluding carboxylic acids is 4. The fourth-order valence-electron chi connectivity index (χ4n) is 6.76. The highest BCUT2D eigenvalue weighted by Crippen LogP contribution is 2.58. The molecule has 6 rings (SSSR count). The number of halogens is 1. The molecule has 0 spiro atoms. The number of carbonyl (C=O) groups is 4. The number of fused-ring (bicyclic) bond motifs is 2. The number of ether oxygens (including phenoxy) is 4. The Morgan fingerprint density at radius 2 is 1.17 bits per heavy atom. The number of urea groups is 2. The fourth-order valence-corrected chi connectivity index (χ4v) is 7.48. The SMILES string of the molecule is CCOC(=O)[C@]12N3Cc4c(OC)ccc(OC)c4CN1C(=O)N1Cc4c(I)cccc4CN(C3=O)[C@]12C(=O)OCC. The van der Waals surface area contributed by atoms with Crippen molar-refractivity contribution in [1.82, 2.24) is 19.6 Å². The van der Waals surface area contributed by atoms with Crippen molar-refractivity contribution in [2.75, 3.05) is 27.4 Å².